The average molecular weight is 177 g/mol. The highest BCUT2D eigenvalue weighted by molar-refractivity contribution is 5.25. The predicted molar refractivity (Wildman–Crippen MR) is 58.3 cm³/mol. The summed E-state index contributed by atoms with van der Waals surface area (Å²) in [5.74, 6) is 0. The first-order valence-corrected chi connectivity index (χ1v) is 5.03. The summed E-state index contributed by atoms with van der Waals surface area (Å²) < 4.78 is 0. The van der Waals surface area contributed by atoms with E-state index in [1.165, 1.54) is 30.7 Å². The van der Waals surface area contributed by atoms with Crippen molar-refractivity contribution in [3.05, 3.63) is 35.7 Å². The van der Waals surface area contributed by atoms with Gasteiger partial charge in [0.1, 0.15) is 0 Å². The maximum absolute atomic E-state index is 2.27. The molecule has 13 heavy (non-hydrogen) atoms. The van der Waals surface area contributed by atoms with E-state index in [0.717, 1.165) is 0 Å². The normalized spacial score (nSPS) is 16.7. The van der Waals surface area contributed by atoms with E-state index in [2.05, 4.69) is 50.1 Å². The zero-order valence-corrected chi connectivity index (χ0v) is 8.88. The Labute approximate surface area is 81.4 Å². The van der Waals surface area contributed by atoms with Crippen LogP contribution in [-0.2, 0) is 0 Å². The maximum Gasteiger partial charge on any atom is 0.0173 e. The maximum atomic E-state index is 2.27. The fourth-order valence-corrected chi connectivity index (χ4v) is 1.42. The molecule has 0 atom stereocenters. The summed E-state index contributed by atoms with van der Waals surface area (Å²) in [5, 5.41) is 0. The van der Waals surface area contributed by atoms with Gasteiger partial charge in [0.2, 0.25) is 0 Å². The molecule has 0 amide bonds. The topological polar surface area (TPSA) is 3.24 Å². The lowest BCUT2D eigenvalue weighted by atomic mass is 10.2. The first-order valence-electron chi connectivity index (χ1n) is 5.03. The van der Waals surface area contributed by atoms with E-state index in [-0.39, 0.29) is 0 Å². The van der Waals surface area contributed by atoms with Crippen LogP contribution in [-0.4, -0.2) is 11.9 Å². The minimum atomic E-state index is 1.18. The first-order chi connectivity index (χ1) is 6.25. The van der Waals surface area contributed by atoms with Crippen molar-refractivity contribution in [3.8, 4) is 0 Å². The molecule has 0 bridgehead atoms. The van der Waals surface area contributed by atoms with E-state index in [1.807, 2.05) is 0 Å². The Morgan fingerprint density at radius 1 is 1.23 bits per heavy atom. The van der Waals surface area contributed by atoms with Gasteiger partial charge in [0.05, 0.1) is 0 Å². The fraction of sp³-hybridized carbons (Fsp3) is 0.500. The van der Waals surface area contributed by atoms with Gasteiger partial charge in [-0.2, -0.15) is 0 Å². The summed E-state index contributed by atoms with van der Waals surface area (Å²) >= 11 is 0. The Balaban J connectivity index is 2.66. The molecular formula is C12H19N. The van der Waals surface area contributed by atoms with Gasteiger partial charge in [-0.05, 0) is 31.9 Å². The molecule has 1 nitrogen and oxygen atoms in total. The van der Waals surface area contributed by atoms with Gasteiger partial charge < -0.3 is 4.90 Å². The molecule has 0 aromatic rings. The van der Waals surface area contributed by atoms with E-state index in [4.69, 9.17) is 0 Å². The summed E-state index contributed by atoms with van der Waals surface area (Å²) in [6.45, 7) is 4.38. The van der Waals surface area contributed by atoms with Crippen molar-refractivity contribution in [1.29, 1.82) is 0 Å². The molecule has 0 aromatic heterocycles. The Hall–Kier alpha value is -0.980. The molecule has 1 aliphatic heterocycles. The van der Waals surface area contributed by atoms with E-state index < -0.39 is 0 Å². The molecule has 0 aromatic carbocycles. The third-order valence-corrected chi connectivity index (χ3v) is 2.48. The van der Waals surface area contributed by atoms with Crippen LogP contribution in [0.2, 0.25) is 0 Å². The van der Waals surface area contributed by atoms with E-state index in [1.54, 1.807) is 0 Å². The summed E-state index contributed by atoms with van der Waals surface area (Å²) in [5.41, 5.74) is 2.74. The largest absolute Gasteiger partial charge is 0.352 e. The van der Waals surface area contributed by atoms with Crippen LogP contribution in [0.5, 0.6) is 0 Å². The van der Waals surface area contributed by atoms with Gasteiger partial charge in [0.15, 0.2) is 0 Å². The second-order valence-electron chi connectivity index (χ2n) is 3.51. The standard InChI is InChI=1S/C12H19N/c1-4-5-9-12-10-7-6-8-11(2)13(12)3/h6-8,10H,4-5,9H2,1-3H3. The van der Waals surface area contributed by atoms with E-state index in [9.17, 15) is 0 Å². The molecule has 0 N–H and O–H groups in total. The molecule has 0 saturated carbocycles. The Bertz CT molecular complexity index is 246. The molecular weight excluding hydrogens is 158 g/mol. The van der Waals surface area contributed by atoms with Gasteiger partial charge in [0, 0.05) is 18.4 Å². The first kappa shape index (κ1) is 10.1. The Kier molecular flexibility index (Phi) is 3.81. The third-order valence-electron chi connectivity index (χ3n) is 2.48. The van der Waals surface area contributed by atoms with Crippen LogP contribution in [0, 0.1) is 0 Å². The van der Waals surface area contributed by atoms with E-state index in [0.29, 0.717) is 0 Å². The molecule has 0 saturated heterocycles. The van der Waals surface area contributed by atoms with Crippen LogP contribution < -0.4 is 0 Å². The van der Waals surface area contributed by atoms with Gasteiger partial charge in [-0.1, -0.05) is 25.5 Å². The van der Waals surface area contributed by atoms with Crippen LogP contribution in [0.25, 0.3) is 0 Å². The molecule has 1 aliphatic rings. The zero-order chi connectivity index (χ0) is 9.68. The molecule has 0 spiro atoms. The van der Waals surface area contributed by atoms with Crippen LogP contribution in [0.1, 0.15) is 33.1 Å². The third kappa shape index (κ3) is 2.76. The van der Waals surface area contributed by atoms with Crippen LogP contribution >= 0.6 is 0 Å². The SMILES string of the molecule is CCCCC1=CC=CC=C(C)N1C. The molecule has 0 unspecified atom stereocenters. The Morgan fingerprint density at radius 2 is 1.92 bits per heavy atom. The van der Waals surface area contributed by atoms with Crippen LogP contribution in [0.15, 0.2) is 35.7 Å². The van der Waals surface area contributed by atoms with Crippen molar-refractivity contribution in [3.63, 3.8) is 0 Å². The van der Waals surface area contributed by atoms with Gasteiger partial charge >= 0.3 is 0 Å². The molecule has 72 valence electrons. The van der Waals surface area contributed by atoms with E-state index >= 15 is 0 Å². The highest BCUT2D eigenvalue weighted by atomic mass is 15.1. The summed E-state index contributed by atoms with van der Waals surface area (Å²) in [7, 11) is 2.14. The highest BCUT2D eigenvalue weighted by Crippen LogP contribution is 2.18. The number of hydrogen-bond acceptors (Lipinski definition) is 1. The smallest absolute Gasteiger partial charge is 0.0173 e. The lowest BCUT2D eigenvalue weighted by molar-refractivity contribution is 0.488. The minimum absolute atomic E-state index is 1.18. The van der Waals surface area contributed by atoms with Crippen molar-refractivity contribution >= 4 is 0 Å². The number of rotatable bonds is 3. The van der Waals surface area contributed by atoms with Gasteiger partial charge in [-0.3, -0.25) is 0 Å². The zero-order valence-electron chi connectivity index (χ0n) is 8.88. The van der Waals surface area contributed by atoms with Gasteiger partial charge in [-0.25, -0.2) is 0 Å². The van der Waals surface area contributed by atoms with Crippen LogP contribution in [0.3, 0.4) is 0 Å². The summed E-state index contributed by atoms with van der Waals surface area (Å²) in [6.07, 6.45) is 12.3. The molecule has 0 radical (unpaired) electrons. The fourth-order valence-electron chi connectivity index (χ4n) is 1.42. The predicted octanol–water partition coefficient (Wildman–Crippen LogP) is 3.47. The number of unbranched alkanes of at least 4 members (excludes halogenated alkanes) is 1. The van der Waals surface area contributed by atoms with Crippen molar-refractivity contribution in [1.82, 2.24) is 4.90 Å². The monoisotopic (exact) mass is 177 g/mol. The quantitative estimate of drug-likeness (QED) is 0.638. The van der Waals surface area contributed by atoms with Crippen LogP contribution in [0.4, 0.5) is 0 Å². The summed E-state index contributed by atoms with van der Waals surface area (Å²) in [4.78, 5) is 2.27. The molecule has 0 fully saturated rings. The molecule has 1 rings (SSSR count). The Morgan fingerprint density at radius 3 is 2.62 bits per heavy atom. The molecule has 1 heteroatoms. The van der Waals surface area contributed by atoms with Crippen molar-refractivity contribution in [2.75, 3.05) is 7.05 Å². The lowest BCUT2D eigenvalue weighted by Crippen LogP contribution is -2.14. The second-order valence-corrected chi connectivity index (χ2v) is 3.51. The second kappa shape index (κ2) is 4.90. The molecule has 1 heterocycles. The van der Waals surface area contributed by atoms with Gasteiger partial charge in [0.25, 0.3) is 0 Å². The average Bonchev–Trinajstić information content (AvgIpc) is 2.28. The lowest BCUT2D eigenvalue weighted by Gasteiger charge is -2.22. The molecule has 0 aliphatic carbocycles. The van der Waals surface area contributed by atoms with Crippen molar-refractivity contribution in [2.45, 2.75) is 33.1 Å². The van der Waals surface area contributed by atoms with Crippen molar-refractivity contribution < 1.29 is 0 Å². The van der Waals surface area contributed by atoms with Crippen molar-refractivity contribution in [2.24, 2.45) is 0 Å². The highest BCUT2D eigenvalue weighted by Gasteiger charge is 2.05. The van der Waals surface area contributed by atoms with Gasteiger partial charge in [-0.15, -0.1) is 0 Å². The number of hydrogen-bond donors (Lipinski definition) is 0. The summed E-state index contributed by atoms with van der Waals surface area (Å²) in [6, 6.07) is 0. The minimum Gasteiger partial charge on any atom is -0.352 e. The number of nitrogens with zero attached hydrogens (tertiary/aromatic N) is 1. The number of allylic oxidation sites excluding steroid dienone is 6.